The van der Waals surface area contributed by atoms with Gasteiger partial charge in [-0.15, -0.1) is 0 Å². The summed E-state index contributed by atoms with van der Waals surface area (Å²) < 4.78 is 5.24. The molecule has 0 amide bonds. The molecular formula is C15H14ClNO3. The van der Waals surface area contributed by atoms with Gasteiger partial charge in [-0.05, 0) is 24.1 Å². The van der Waals surface area contributed by atoms with E-state index in [1.165, 1.54) is 11.6 Å². The van der Waals surface area contributed by atoms with Crippen molar-refractivity contribution in [1.29, 1.82) is 0 Å². The van der Waals surface area contributed by atoms with Crippen molar-refractivity contribution in [1.82, 2.24) is 4.90 Å². The van der Waals surface area contributed by atoms with Gasteiger partial charge < -0.3 is 9.52 Å². The van der Waals surface area contributed by atoms with Crippen LogP contribution in [0.5, 0.6) is 5.75 Å². The highest BCUT2D eigenvalue weighted by Gasteiger charge is 2.29. The van der Waals surface area contributed by atoms with Gasteiger partial charge >= 0.3 is 0 Å². The predicted octanol–water partition coefficient (Wildman–Crippen LogP) is 2.95. The maximum absolute atomic E-state index is 11.4. The molecule has 4 nitrogen and oxygen atoms in total. The molecule has 0 spiro atoms. The summed E-state index contributed by atoms with van der Waals surface area (Å²) in [5, 5.41) is 9.90. The van der Waals surface area contributed by atoms with Crippen LogP contribution in [0.2, 0.25) is 5.02 Å². The van der Waals surface area contributed by atoms with Crippen molar-refractivity contribution in [2.75, 3.05) is 6.54 Å². The number of halogens is 1. The number of likely N-dealkylation sites (tertiary alicyclic amines) is 1. The monoisotopic (exact) mass is 291 g/mol. The highest BCUT2D eigenvalue weighted by Crippen LogP contribution is 2.34. The van der Waals surface area contributed by atoms with Gasteiger partial charge in [0.2, 0.25) is 5.43 Å². The van der Waals surface area contributed by atoms with Gasteiger partial charge in [-0.25, -0.2) is 0 Å². The Hall–Kier alpha value is -1.78. The first-order valence-electron chi connectivity index (χ1n) is 6.44. The second kappa shape index (κ2) is 5.31. The Bertz CT molecular complexity index is 666. The van der Waals surface area contributed by atoms with E-state index < -0.39 is 5.43 Å². The number of benzene rings is 1. The smallest absolute Gasteiger partial charge is 0.226 e. The fraction of sp³-hybridized carbons (Fsp3) is 0.267. The summed E-state index contributed by atoms with van der Waals surface area (Å²) >= 11 is 5.89. The molecule has 0 bridgehead atoms. The minimum atomic E-state index is -0.408. The number of hydrogen-bond acceptors (Lipinski definition) is 4. The molecule has 1 atom stereocenters. The van der Waals surface area contributed by atoms with Crippen LogP contribution in [-0.4, -0.2) is 16.6 Å². The number of rotatable bonds is 3. The molecule has 20 heavy (non-hydrogen) atoms. The van der Waals surface area contributed by atoms with Crippen molar-refractivity contribution in [2.45, 2.75) is 19.0 Å². The molecule has 104 valence electrons. The van der Waals surface area contributed by atoms with Gasteiger partial charge in [-0.3, -0.25) is 9.69 Å². The molecule has 0 radical (unpaired) electrons. The Balaban J connectivity index is 1.73. The Labute approximate surface area is 121 Å². The summed E-state index contributed by atoms with van der Waals surface area (Å²) in [6.07, 6.45) is 2.17. The van der Waals surface area contributed by atoms with E-state index in [1.54, 1.807) is 0 Å². The van der Waals surface area contributed by atoms with E-state index in [-0.39, 0.29) is 5.75 Å². The van der Waals surface area contributed by atoms with Gasteiger partial charge in [0.05, 0.1) is 6.54 Å². The summed E-state index contributed by atoms with van der Waals surface area (Å²) in [6.45, 7) is 1.51. The van der Waals surface area contributed by atoms with Gasteiger partial charge in [-0.2, -0.15) is 0 Å². The van der Waals surface area contributed by atoms with Crippen LogP contribution in [0.25, 0.3) is 0 Å². The number of hydrogen-bond donors (Lipinski definition) is 1. The zero-order valence-electron chi connectivity index (χ0n) is 10.8. The number of aromatic hydroxyl groups is 1. The molecule has 1 N–H and O–H groups in total. The molecule has 1 aromatic heterocycles. The third kappa shape index (κ3) is 2.57. The van der Waals surface area contributed by atoms with Crippen molar-refractivity contribution in [3.05, 3.63) is 63.2 Å². The molecule has 1 fully saturated rings. The van der Waals surface area contributed by atoms with Crippen LogP contribution in [0.1, 0.15) is 23.8 Å². The van der Waals surface area contributed by atoms with Crippen molar-refractivity contribution in [2.24, 2.45) is 0 Å². The zero-order chi connectivity index (χ0) is 14.1. The minimum Gasteiger partial charge on any atom is -0.502 e. The van der Waals surface area contributed by atoms with E-state index in [0.29, 0.717) is 18.3 Å². The molecule has 3 rings (SSSR count). The number of nitrogens with zero attached hydrogens (tertiary/aromatic N) is 1. The lowest BCUT2D eigenvalue weighted by molar-refractivity contribution is 0.0728. The third-order valence-electron chi connectivity index (χ3n) is 3.61. The zero-order valence-corrected chi connectivity index (χ0v) is 11.5. The molecule has 1 aromatic carbocycles. The molecule has 1 unspecified atom stereocenters. The van der Waals surface area contributed by atoms with E-state index in [2.05, 4.69) is 4.90 Å². The lowest BCUT2D eigenvalue weighted by atomic mass is 9.94. The van der Waals surface area contributed by atoms with Crippen LogP contribution in [-0.2, 0) is 6.54 Å². The van der Waals surface area contributed by atoms with E-state index in [9.17, 15) is 9.90 Å². The van der Waals surface area contributed by atoms with Crippen LogP contribution in [0.4, 0.5) is 0 Å². The lowest BCUT2D eigenvalue weighted by Crippen LogP contribution is -2.40. The Kier molecular flexibility index (Phi) is 3.51. The highest BCUT2D eigenvalue weighted by molar-refractivity contribution is 6.30. The Morgan fingerprint density at radius 1 is 1.35 bits per heavy atom. The largest absolute Gasteiger partial charge is 0.502 e. The normalized spacial score (nSPS) is 18.8. The standard InChI is InChI=1S/C15H14ClNO3/c16-11-3-1-10(2-4-11)13-5-6-17(13)8-12-7-14(18)15(19)9-20-12/h1-4,7,9,13,19H,5-6,8H2. The Morgan fingerprint density at radius 2 is 2.10 bits per heavy atom. The van der Waals surface area contributed by atoms with Crippen LogP contribution in [0.3, 0.4) is 0 Å². The van der Waals surface area contributed by atoms with Crippen molar-refractivity contribution < 1.29 is 9.52 Å². The van der Waals surface area contributed by atoms with Gasteiger partial charge in [0.15, 0.2) is 5.75 Å². The van der Waals surface area contributed by atoms with Crippen LogP contribution in [0.15, 0.2) is 45.8 Å². The van der Waals surface area contributed by atoms with Crippen LogP contribution in [0, 0.1) is 0 Å². The molecule has 2 heterocycles. The fourth-order valence-corrected chi connectivity index (χ4v) is 2.55. The second-order valence-electron chi connectivity index (χ2n) is 4.92. The average molecular weight is 292 g/mol. The molecule has 0 aliphatic carbocycles. The van der Waals surface area contributed by atoms with Crippen molar-refractivity contribution in [3.8, 4) is 5.75 Å². The lowest BCUT2D eigenvalue weighted by Gasteiger charge is -2.41. The molecular weight excluding hydrogens is 278 g/mol. The van der Waals surface area contributed by atoms with Gasteiger partial charge in [-0.1, -0.05) is 23.7 Å². The fourth-order valence-electron chi connectivity index (χ4n) is 2.42. The van der Waals surface area contributed by atoms with Gasteiger partial charge in [0.1, 0.15) is 12.0 Å². The molecule has 0 saturated carbocycles. The quantitative estimate of drug-likeness (QED) is 0.944. The summed E-state index contributed by atoms with van der Waals surface area (Å²) in [5.74, 6) is 0.207. The average Bonchev–Trinajstić information content (AvgIpc) is 2.41. The summed E-state index contributed by atoms with van der Waals surface area (Å²) in [5.41, 5.74) is 0.802. The van der Waals surface area contributed by atoms with Crippen molar-refractivity contribution in [3.63, 3.8) is 0 Å². The van der Waals surface area contributed by atoms with E-state index in [1.807, 2.05) is 24.3 Å². The molecule has 1 saturated heterocycles. The summed E-state index contributed by atoms with van der Waals surface area (Å²) in [6, 6.07) is 9.47. The predicted molar refractivity (Wildman–Crippen MR) is 75.9 cm³/mol. The van der Waals surface area contributed by atoms with Crippen LogP contribution >= 0.6 is 11.6 Å². The molecule has 2 aromatic rings. The van der Waals surface area contributed by atoms with Crippen molar-refractivity contribution >= 4 is 11.6 Å². The third-order valence-corrected chi connectivity index (χ3v) is 3.86. The van der Waals surface area contributed by atoms with Gasteiger partial charge in [0, 0.05) is 23.7 Å². The molecule has 1 aliphatic heterocycles. The first kappa shape index (κ1) is 13.2. The van der Waals surface area contributed by atoms with Gasteiger partial charge in [0.25, 0.3) is 0 Å². The SMILES string of the molecule is O=c1cc(CN2CCC2c2ccc(Cl)cc2)occ1O. The summed E-state index contributed by atoms with van der Waals surface area (Å²) in [4.78, 5) is 13.6. The topological polar surface area (TPSA) is 53.7 Å². The first-order valence-corrected chi connectivity index (χ1v) is 6.81. The molecule has 5 heteroatoms. The Morgan fingerprint density at radius 3 is 2.70 bits per heavy atom. The minimum absolute atomic E-state index is 0.325. The van der Waals surface area contributed by atoms with Crippen LogP contribution < -0.4 is 5.43 Å². The first-order chi connectivity index (χ1) is 9.63. The summed E-state index contributed by atoms with van der Waals surface area (Å²) in [7, 11) is 0. The van der Waals surface area contributed by atoms with E-state index in [4.69, 9.17) is 16.0 Å². The molecule has 1 aliphatic rings. The second-order valence-corrected chi connectivity index (χ2v) is 5.36. The van der Waals surface area contributed by atoms with E-state index >= 15 is 0 Å². The maximum Gasteiger partial charge on any atom is 0.226 e. The highest BCUT2D eigenvalue weighted by atomic mass is 35.5. The van der Waals surface area contributed by atoms with E-state index in [0.717, 1.165) is 24.3 Å². The maximum atomic E-state index is 11.4.